The molecule has 1 unspecified atom stereocenters. The monoisotopic (exact) mass is 279 g/mol. The van der Waals surface area contributed by atoms with Gasteiger partial charge in [-0.25, -0.2) is 0 Å². The lowest BCUT2D eigenvalue weighted by Gasteiger charge is -2.37. The third kappa shape index (κ3) is 5.06. The topological polar surface area (TPSA) is 26.0 Å². The number of hydrogen-bond donors (Lipinski definition) is 1. The van der Waals surface area contributed by atoms with Crippen molar-refractivity contribution in [2.24, 2.45) is 17.6 Å². The van der Waals surface area contributed by atoms with Crippen LogP contribution in [0.15, 0.2) is 0 Å². The molecule has 1 nitrogen and oxygen atoms in total. The molecule has 1 heteroatoms. The fourth-order valence-electron chi connectivity index (χ4n) is 4.76. The standard InChI is InChI=1S/C19H37N/c1-2-17(18-12-8-4-5-9-13-18)16-19(20)14-10-6-3-7-11-15-19/h17-18H,2-16,20H2,1H3. The maximum absolute atomic E-state index is 6.85. The molecule has 2 saturated carbocycles. The number of hydrogen-bond acceptors (Lipinski definition) is 1. The SMILES string of the molecule is CCC(CC1(N)CCCCCCC1)C1CCCCCC1. The van der Waals surface area contributed by atoms with Crippen LogP contribution in [-0.4, -0.2) is 5.54 Å². The molecule has 0 radical (unpaired) electrons. The number of rotatable bonds is 4. The first-order valence-electron chi connectivity index (χ1n) is 9.52. The molecule has 2 fully saturated rings. The molecule has 2 aliphatic carbocycles. The molecule has 0 aromatic heterocycles. The fraction of sp³-hybridized carbons (Fsp3) is 1.00. The molecule has 20 heavy (non-hydrogen) atoms. The van der Waals surface area contributed by atoms with E-state index in [0.717, 1.165) is 11.8 Å². The second-order valence-electron chi connectivity index (χ2n) is 7.75. The molecule has 0 bridgehead atoms. The zero-order valence-corrected chi connectivity index (χ0v) is 13.8. The molecule has 2 aliphatic rings. The van der Waals surface area contributed by atoms with Gasteiger partial charge in [0.2, 0.25) is 0 Å². The van der Waals surface area contributed by atoms with E-state index >= 15 is 0 Å². The zero-order valence-electron chi connectivity index (χ0n) is 13.8. The largest absolute Gasteiger partial charge is 0.325 e. The van der Waals surface area contributed by atoms with E-state index in [1.807, 2.05) is 0 Å². The van der Waals surface area contributed by atoms with Gasteiger partial charge in [-0.3, -0.25) is 0 Å². The Morgan fingerprint density at radius 3 is 1.90 bits per heavy atom. The van der Waals surface area contributed by atoms with Gasteiger partial charge >= 0.3 is 0 Å². The summed E-state index contributed by atoms with van der Waals surface area (Å²) in [4.78, 5) is 0. The van der Waals surface area contributed by atoms with Gasteiger partial charge in [-0.1, -0.05) is 84.0 Å². The van der Waals surface area contributed by atoms with Crippen LogP contribution in [0.5, 0.6) is 0 Å². The van der Waals surface area contributed by atoms with Gasteiger partial charge in [-0.15, -0.1) is 0 Å². The van der Waals surface area contributed by atoms with Crippen molar-refractivity contribution in [2.75, 3.05) is 0 Å². The summed E-state index contributed by atoms with van der Waals surface area (Å²) in [5.74, 6) is 1.88. The lowest BCUT2D eigenvalue weighted by molar-refractivity contribution is 0.189. The summed E-state index contributed by atoms with van der Waals surface area (Å²) >= 11 is 0. The van der Waals surface area contributed by atoms with Crippen molar-refractivity contribution in [3.63, 3.8) is 0 Å². The van der Waals surface area contributed by atoms with Crippen LogP contribution in [-0.2, 0) is 0 Å². The smallest absolute Gasteiger partial charge is 0.0157 e. The third-order valence-corrected chi connectivity index (χ3v) is 6.11. The average molecular weight is 280 g/mol. The van der Waals surface area contributed by atoms with E-state index in [1.54, 1.807) is 0 Å². The molecule has 0 heterocycles. The van der Waals surface area contributed by atoms with Crippen molar-refractivity contribution in [1.29, 1.82) is 0 Å². The quantitative estimate of drug-likeness (QED) is 0.645. The first-order valence-corrected chi connectivity index (χ1v) is 9.52. The highest BCUT2D eigenvalue weighted by molar-refractivity contribution is 4.89. The highest BCUT2D eigenvalue weighted by atomic mass is 14.7. The molecular formula is C19H37N. The van der Waals surface area contributed by atoms with Gasteiger partial charge in [0, 0.05) is 5.54 Å². The van der Waals surface area contributed by atoms with Crippen LogP contribution >= 0.6 is 0 Å². The predicted octanol–water partition coefficient (Wildman–Crippen LogP) is 5.81. The van der Waals surface area contributed by atoms with Crippen LogP contribution in [0.2, 0.25) is 0 Å². The normalized spacial score (nSPS) is 27.3. The molecule has 0 aliphatic heterocycles. The summed E-state index contributed by atoms with van der Waals surface area (Å²) in [5.41, 5.74) is 7.02. The van der Waals surface area contributed by atoms with Crippen LogP contribution in [0.3, 0.4) is 0 Å². The molecule has 2 rings (SSSR count). The fourth-order valence-corrected chi connectivity index (χ4v) is 4.76. The summed E-state index contributed by atoms with van der Waals surface area (Å²) in [7, 11) is 0. The van der Waals surface area contributed by atoms with Gasteiger partial charge in [0.1, 0.15) is 0 Å². The number of nitrogens with two attached hydrogens (primary N) is 1. The van der Waals surface area contributed by atoms with Crippen molar-refractivity contribution >= 4 is 0 Å². The van der Waals surface area contributed by atoms with E-state index in [1.165, 1.54) is 96.3 Å². The molecule has 118 valence electrons. The lowest BCUT2D eigenvalue weighted by Crippen LogP contribution is -2.43. The summed E-state index contributed by atoms with van der Waals surface area (Å²) in [6, 6.07) is 0. The zero-order chi connectivity index (χ0) is 14.3. The Labute approximate surface area is 127 Å². The van der Waals surface area contributed by atoms with E-state index in [9.17, 15) is 0 Å². The van der Waals surface area contributed by atoms with Crippen LogP contribution in [0.25, 0.3) is 0 Å². The first-order chi connectivity index (χ1) is 9.73. The molecule has 0 saturated heterocycles. The first kappa shape index (κ1) is 16.3. The highest BCUT2D eigenvalue weighted by Gasteiger charge is 2.31. The second-order valence-corrected chi connectivity index (χ2v) is 7.75. The van der Waals surface area contributed by atoms with E-state index < -0.39 is 0 Å². The summed E-state index contributed by atoms with van der Waals surface area (Å²) < 4.78 is 0. The van der Waals surface area contributed by atoms with Crippen molar-refractivity contribution in [3.8, 4) is 0 Å². The molecule has 1 atom stereocenters. The van der Waals surface area contributed by atoms with E-state index in [2.05, 4.69) is 6.92 Å². The molecular weight excluding hydrogens is 242 g/mol. The van der Waals surface area contributed by atoms with Gasteiger partial charge in [0.05, 0.1) is 0 Å². The van der Waals surface area contributed by atoms with Gasteiger partial charge in [-0.05, 0) is 31.1 Å². The van der Waals surface area contributed by atoms with E-state index in [-0.39, 0.29) is 5.54 Å². The summed E-state index contributed by atoms with van der Waals surface area (Å²) in [5, 5.41) is 0. The Balaban J connectivity index is 1.92. The summed E-state index contributed by atoms with van der Waals surface area (Å²) in [6.45, 7) is 2.40. The minimum Gasteiger partial charge on any atom is -0.325 e. The van der Waals surface area contributed by atoms with Crippen molar-refractivity contribution in [3.05, 3.63) is 0 Å². The Kier molecular flexibility index (Phi) is 6.87. The Hall–Kier alpha value is -0.0400. The minimum atomic E-state index is 0.174. The minimum absolute atomic E-state index is 0.174. The molecule has 0 aromatic carbocycles. The van der Waals surface area contributed by atoms with Crippen LogP contribution in [0.1, 0.15) is 103 Å². The van der Waals surface area contributed by atoms with Crippen molar-refractivity contribution < 1.29 is 0 Å². The van der Waals surface area contributed by atoms with Crippen molar-refractivity contribution in [1.82, 2.24) is 0 Å². The maximum Gasteiger partial charge on any atom is 0.0157 e. The maximum atomic E-state index is 6.85. The van der Waals surface area contributed by atoms with Crippen LogP contribution in [0.4, 0.5) is 0 Å². The van der Waals surface area contributed by atoms with Gasteiger partial charge in [0.25, 0.3) is 0 Å². The predicted molar refractivity (Wildman–Crippen MR) is 88.8 cm³/mol. The third-order valence-electron chi connectivity index (χ3n) is 6.11. The Morgan fingerprint density at radius 2 is 1.35 bits per heavy atom. The van der Waals surface area contributed by atoms with Crippen molar-refractivity contribution in [2.45, 2.75) is 109 Å². The molecule has 0 aromatic rings. The second kappa shape index (κ2) is 8.41. The van der Waals surface area contributed by atoms with Gasteiger partial charge < -0.3 is 5.73 Å². The van der Waals surface area contributed by atoms with E-state index in [0.29, 0.717) is 0 Å². The van der Waals surface area contributed by atoms with E-state index in [4.69, 9.17) is 5.73 Å². The average Bonchev–Trinajstić information content (AvgIpc) is 2.70. The van der Waals surface area contributed by atoms with Gasteiger partial charge in [-0.2, -0.15) is 0 Å². The van der Waals surface area contributed by atoms with Crippen LogP contribution < -0.4 is 5.73 Å². The van der Waals surface area contributed by atoms with Gasteiger partial charge in [0.15, 0.2) is 0 Å². The molecule has 0 spiro atoms. The van der Waals surface area contributed by atoms with Crippen LogP contribution in [0, 0.1) is 11.8 Å². The summed E-state index contributed by atoms with van der Waals surface area (Å²) in [6.07, 6.45) is 21.1. The highest BCUT2D eigenvalue weighted by Crippen LogP contribution is 2.38. The lowest BCUT2D eigenvalue weighted by atomic mass is 9.72. The Bertz CT molecular complexity index is 244. The molecule has 0 amide bonds. The Morgan fingerprint density at radius 1 is 0.850 bits per heavy atom. The molecule has 2 N–H and O–H groups in total.